The number of phenols is 1. The number of halogens is 3. The average molecular weight is 394 g/mol. The number of esters is 1. The van der Waals surface area contributed by atoms with Crippen LogP contribution >= 0.6 is 0 Å². The number of piperidine rings is 1. The van der Waals surface area contributed by atoms with Crippen LogP contribution in [0.4, 0.5) is 18.9 Å². The van der Waals surface area contributed by atoms with E-state index in [2.05, 4.69) is 0 Å². The van der Waals surface area contributed by atoms with Crippen molar-refractivity contribution in [2.24, 2.45) is 5.92 Å². The number of phenolic OH excluding ortho intramolecular Hbond substituents is 1. The first-order valence-corrected chi connectivity index (χ1v) is 9.19. The molecular formula is C21H22F3NO3. The predicted molar refractivity (Wildman–Crippen MR) is 99.6 cm³/mol. The molecule has 1 aliphatic rings. The van der Waals surface area contributed by atoms with Gasteiger partial charge in [-0.05, 0) is 61.1 Å². The van der Waals surface area contributed by atoms with E-state index in [0.29, 0.717) is 32.5 Å². The van der Waals surface area contributed by atoms with Crippen LogP contribution in [0.15, 0.2) is 30.3 Å². The molecule has 0 saturated carbocycles. The molecule has 0 aliphatic carbocycles. The molecular weight excluding hydrogens is 371 g/mol. The molecule has 2 aromatic carbocycles. The third-order valence-corrected chi connectivity index (χ3v) is 4.90. The van der Waals surface area contributed by atoms with E-state index in [4.69, 9.17) is 6.11 Å². The molecule has 0 unspecified atom stereocenters. The van der Waals surface area contributed by atoms with Crippen molar-refractivity contribution in [3.05, 3.63) is 47.8 Å². The van der Waals surface area contributed by atoms with E-state index in [1.807, 2.05) is 0 Å². The number of benzene rings is 2. The summed E-state index contributed by atoms with van der Waals surface area (Å²) in [5.74, 6) is -3.54. The van der Waals surface area contributed by atoms with Gasteiger partial charge in [0.05, 0.1) is 7.98 Å². The lowest BCUT2D eigenvalue weighted by atomic mass is 9.93. The zero-order valence-corrected chi connectivity index (χ0v) is 15.5. The summed E-state index contributed by atoms with van der Waals surface area (Å²) in [4.78, 5) is 13.1. The highest BCUT2D eigenvalue weighted by Crippen LogP contribution is 2.34. The van der Waals surface area contributed by atoms with Crippen LogP contribution in [0.2, 0.25) is 0 Å². The first kappa shape index (κ1) is 18.7. The highest BCUT2D eigenvalue weighted by Gasteiger charge is 2.26. The monoisotopic (exact) mass is 394 g/mol. The van der Waals surface area contributed by atoms with Gasteiger partial charge in [-0.15, -0.1) is 0 Å². The van der Waals surface area contributed by atoms with Gasteiger partial charge in [-0.25, -0.2) is 13.2 Å². The Morgan fingerprint density at radius 3 is 2.54 bits per heavy atom. The summed E-state index contributed by atoms with van der Waals surface area (Å²) in [5, 5.41) is 9.51. The summed E-state index contributed by atoms with van der Waals surface area (Å²) >= 11 is 0. The second-order valence-corrected chi connectivity index (χ2v) is 6.80. The van der Waals surface area contributed by atoms with Gasteiger partial charge in [0.25, 0.3) is 0 Å². The Labute approximate surface area is 162 Å². The van der Waals surface area contributed by atoms with E-state index < -0.39 is 29.2 Å². The third-order valence-electron chi connectivity index (χ3n) is 4.90. The summed E-state index contributed by atoms with van der Waals surface area (Å²) < 4.78 is 56.0. The number of hydrogen-bond donors (Lipinski definition) is 1. The van der Waals surface area contributed by atoms with E-state index in [9.17, 15) is 23.1 Å². The zero-order chi connectivity index (χ0) is 21.1. The maximum Gasteiger partial charge on any atom is 0.306 e. The number of aromatic hydroxyl groups is 1. The van der Waals surface area contributed by atoms with Gasteiger partial charge in [-0.1, -0.05) is 6.07 Å². The van der Waals surface area contributed by atoms with E-state index in [1.54, 1.807) is 6.92 Å². The molecule has 0 aromatic heterocycles. The lowest BCUT2D eigenvalue weighted by Gasteiger charge is -2.33. The van der Waals surface area contributed by atoms with Crippen LogP contribution < -0.4 is 4.90 Å². The number of hydrogen-bond acceptors (Lipinski definition) is 4. The molecule has 0 amide bonds. The van der Waals surface area contributed by atoms with E-state index in [-0.39, 0.29) is 35.1 Å². The lowest BCUT2D eigenvalue weighted by Crippen LogP contribution is -2.35. The molecule has 1 heterocycles. The molecule has 1 fully saturated rings. The number of rotatable bonds is 5. The highest BCUT2D eigenvalue weighted by atomic mass is 19.1. The Kier molecular flexibility index (Phi) is 5.69. The normalized spacial score (nSPS) is 15.4. The van der Waals surface area contributed by atoms with Gasteiger partial charge >= 0.3 is 5.97 Å². The third kappa shape index (κ3) is 4.40. The molecule has 3 rings (SSSR count). The summed E-state index contributed by atoms with van der Waals surface area (Å²) in [6.45, 7) is 2.77. The minimum Gasteiger partial charge on any atom is -0.505 e. The quantitative estimate of drug-likeness (QED) is 0.751. The molecule has 150 valence electrons. The van der Waals surface area contributed by atoms with Crippen LogP contribution in [-0.2, 0) is 9.53 Å². The van der Waals surface area contributed by atoms with Crippen molar-refractivity contribution >= 4 is 11.7 Å². The molecule has 0 bridgehead atoms. The number of carbonyl (C=O) groups excluding carboxylic acids is 1. The number of nitrogens with zero attached hydrogens (tertiary/aromatic N) is 1. The minimum atomic E-state index is -1.01. The summed E-state index contributed by atoms with van der Waals surface area (Å²) in [6, 6.07) is 3.76. The summed E-state index contributed by atoms with van der Waals surface area (Å²) in [6.07, 6.45) is 1.45. The van der Waals surface area contributed by atoms with E-state index >= 15 is 0 Å². The molecule has 4 nitrogen and oxygen atoms in total. The van der Waals surface area contributed by atoms with Crippen LogP contribution in [0.1, 0.15) is 27.6 Å². The van der Waals surface area contributed by atoms with Crippen molar-refractivity contribution in [1.29, 1.82) is 0 Å². The average Bonchev–Trinajstić information content (AvgIpc) is 2.68. The van der Waals surface area contributed by atoms with Gasteiger partial charge in [0.1, 0.15) is 17.3 Å². The van der Waals surface area contributed by atoms with Crippen molar-refractivity contribution in [2.75, 3.05) is 24.6 Å². The fourth-order valence-corrected chi connectivity index (χ4v) is 3.46. The molecule has 1 aliphatic heterocycles. The number of anilines is 1. The lowest BCUT2D eigenvalue weighted by molar-refractivity contribution is -0.144. The van der Waals surface area contributed by atoms with Gasteiger partial charge in [-0.2, -0.15) is 0 Å². The van der Waals surface area contributed by atoms with E-state index in [1.165, 1.54) is 11.0 Å². The maximum absolute atomic E-state index is 14.9. The standard InChI is InChI=1S/C21H22F3NO3/c1-2-28-20(27)9-13-5-7-25(8-6-13)21-17(23)10-15(11-18(21)24)14-3-4-16(22)19(26)12-14/h3-4,10-13,26H,2,5-9H2,1H3/i10D. The van der Waals surface area contributed by atoms with Crippen molar-refractivity contribution in [2.45, 2.75) is 26.2 Å². The van der Waals surface area contributed by atoms with Crippen molar-refractivity contribution in [3.63, 3.8) is 0 Å². The van der Waals surface area contributed by atoms with Crippen molar-refractivity contribution < 1.29 is 29.2 Å². The Morgan fingerprint density at radius 2 is 1.89 bits per heavy atom. The predicted octanol–water partition coefficient (Wildman–Crippen LogP) is 4.65. The van der Waals surface area contributed by atoms with Crippen LogP contribution in [0.5, 0.6) is 5.75 Å². The fraction of sp³-hybridized carbons (Fsp3) is 0.381. The molecule has 0 spiro atoms. The highest BCUT2D eigenvalue weighted by molar-refractivity contribution is 5.70. The Bertz CT molecular complexity index is 915. The van der Waals surface area contributed by atoms with E-state index in [0.717, 1.165) is 18.2 Å². The van der Waals surface area contributed by atoms with Crippen molar-refractivity contribution in [1.82, 2.24) is 0 Å². The van der Waals surface area contributed by atoms with Crippen LogP contribution in [0.3, 0.4) is 0 Å². The SMILES string of the molecule is [2H]c1c(-c2ccc(F)c(O)c2)cc(F)c(N2CCC(CC(=O)OCC)CC2)c1F. The Hall–Kier alpha value is -2.70. The molecule has 1 N–H and O–H groups in total. The van der Waals surface area contributed by atoms with Crippen LogP contribution in [0.25, 0.3) is 11.1 Å². The second kappa shape index (κ2) is 8.54. The van der Waals surface area contributed by atoms with Gasteiger partial charge in [0, 0.05) is 19.5 Å². The first-order chi connectivity index (χ1) is 13.8. The van der Waals surface area contributed by atoms with Gasteiger partial charge in [0.15, 0.2) is 11.6 Å². The smallest absolute Gasteiger partial charge is 0.306 e. The zero-order valence-electron chi connectivity index (χ0n) is 16.5. The largest absolute Gasteiger partial charge is 0.505 e. The Balaban J connectivity index is 1.80. The van der Waals surface area contributed by atoms with Crippen LogP contribution in [-0.4, -0.2) is 30.8 Å². The van der Waals surface area contributed by atoms with Crippen LogP contribution in [0, 0.1) is 23.4 Å². The van der Waals surface area contributed by atoms with Crippen molar-refractivity contribution in [3.8, 4) is 16.9 Å². The molecule has 7 heteroatoms. The summed E-state index contributed by atoms with van der Waals surface area (Å²) in [7, 11) is 0. The fourth-order valence-electron chi connectivity index (χ4n) is 3.46. The molecule has 28 heavy (non-hydrogen) atoms. The maximum atomic E-state index is 14.9. The molecule has 1 saturated heterocycles. The first-order valence-electron chi connectivity index (χ1n) is 9.69. The minimum absolute atomic E-state index is 0.0729. The second-order valence-electron chi connectivity index (χ2n) is 6.80. The number of carbonyl (C=O) groups is 1. The summed E-state index contributed by atoms with van der Waals surface area (Å²) in [5.41, 5.74) is -0.206. The Morgan fingerprint density at radius 1 is 1.18 bits per heavy atom. The molecule has 0 radical (unpaired) electrons. The van der Waals surface area contributed by atoms with Gasteiger partial charge in [-0.3, -0.25) is 4.79 Å². The number of ether oxygens (including phenoxy) is 1. The molecule has 0 atom stereocenters. The van der Waals surface area contributed by atoms with Gasteiger partial charge < -0.3 is 14.7 Å². The molecule has 2 aromatic rings. The topological polar surface area (TPSA) is 49.8 Å². The van der Waals surface area contributed by atoms with Gasteiger partial charge in [0.2, 0.25) is 0 Å².